The molecule has 2 N–H and O–H groups in total. The van der Waals surface area contributed by atoms with Crippen molar-refractivity contribution < 1.29 is 14.7 Å². The minimum atomic E-state index is -1.08. The maximum absolute atomic E-state index is 12.1. The van der Waals surface area contributed by atoms with E-state index in [1.54, 1.807) is 24.3 Å². The van der Waals surface area contributed by atoms with Gasteiger partial charge in [0.15, 0.2) is 0 Å². The van der Waals surface area contributed by atoms with Gasteiger partial charge in [0.2, 0.25) is 0 Å². The zero-order valence-corrected chi connectivity index (χ0v) is 11.1. The van der Waals surface area contributed by atoms with E-state index in [1.807, 2.05) is 6.07 Å². The molecule has 1 amide bonds. The molecule has 20 heavy (non-hydrogen) atoms. The first-order valence-electron chi connectivity index (χ1n) is 5.79. The van der Waals surface area contributed by atoms with Crippen LogP contribution in [-0.2, 0) is 11.2 Å². The molecule has 0 radical (unpaired) electrons. The molecular weight excluding hydrogens is 280 g/mol. The lowest BCUT2D eigenvalue weighted by Crippen LogP contribution is -2.18. The average Bonchev–Trinajstić information content (AvgIpc) is 2.41. The molecule has 0 fully saturated rings. The molecule has 1 heterocycles. The Morgan fingerprint density at radius 2 is 1.90 bits per heavy atom. The molecule has 6 heteroatoms. The van der Waals surface area contributed by atoms with Crippen molar-refractivity contribution in [2.75, 3.05) is 5.32 Å². The Labute approximate surface area is 120 Å². The second-order valence-corrected chi connectivity index (χ2v) is 4.42. The number of nitrogens with zero attached hydrogens (tertiary/aromatic N) is 1. The summed E-state index contributed by atoms with van der Waals surface area (Å²) in [5.74, 6) is -1.57. The van der Waals surface area contributed by atoms with Gasteiger partial charge in [-0.1, -0.05) is 29.8 Å². The number of carbonyl (C=O) groups excluding carboxylic acids is 1. The van der Waals surface area contributed by atoms with Gasteiger partial charge in [0.1, 0.15) is 5.69 Å². The first-order chi connectivity index (χ1) is 9.58. The van der Waals surface area contributed by atoms with Crippen molar-refractivity contribution in [3.05, 3.63) is 58.9 Å². The molecule has 0 atom stereocenters. The van der Waals surface area contributed by atoms with Gasteiger partial charge in [0.05, 0.1) is 6.42 Å². The molecule has 0 bridgehead atoms. The lowest BCUT2D eigenvalue weighted by atomic mass is 10.1. The highest BCUT2D eigenvalue weighted by molar-refractivity contribution is 6.32. The second kappa shape index (κ2) is 6.16. The first kappa shape index (κ1) is 14.0. The summed E-state index contributed by atoms with van der Waals surface area (Å²) in [5, 5.41) is 11.7. The van der Waals surface area contributed by atoms with Crippen molar-refractivity contribution >= 4 is 29.2 Å². The number of carboxylic acid groups (broad SMARTS) is 1. The number of hydrogen-bond donors (Lipinski definition) is 2. The summed E-state index contributed by atoms with van der Waals surface area (Å²) in [6, 6.07) is 10.3. The molecule has 0 saturated carbocycles. The van der Waals surface area contributed by atoms with E-state index >= 15 is 0 Å². The molecule has 102 valence electrons. The van der Waals surface area contributed by atoms with E-state index in [0.717, 1.165) is 0 Å². The summed E-state index contributed by atoms with van der Waals surface area (Å²) in [6.45, 7) is 0. The van der Waals surface area contributed by atoms with Gasteiger partial charge in [-0.3, -0.25) is 14.6 Å². The fourth-order valence-electron chi connectivity index (χ4n) is 1.70. The Hall–Kier alpha value is -2.40. The molecule has 2 aromatic rings. The van der Waals surface area contributed by atoms with Crippen molar-refractivity contribution in [3.63, 3.8) is 0 Å². The third-order valence-electron chi connectivity index (χ3n) is 2.57. The smallest absolute Gasteiger partial charge is 0.307 e. The van der Waals surface area contributed by atoms with Gasteiger partial charge in [-0.25, -0.2) is 0 Å². The van der Waals surface area contributed by atoms with E-state index in [0.29, 0.717) is 5.69 Å². The highest BCUT2D eigenvalue weighted by Crippen LogP contribution is 2.20. The van der Waals surface area contributed by atoms with Gasteiger partial charge in [-0.15, -0.1) is 0 Å². The summed E-state index contributed by atoms with van der Waals surface area (Å²) in [5.41, 5.74) is 0.819. The van der Waals surface area contributed by atoms with E-state index in [1.165, 1.54) is 12.3 Å². The van der Waals surface area contributed by atoms with Crippen LogP contribution in [0.4, 0.5) is 5.69 Å². The number of nitrogens with one attached hydrogen (secondary N) is 1. The normalized spacial score (nSPS) is 10.1. The number of benzene rings is 1. The zero-order chi connectivity index (χ0) is 14.5. The Kier molecular flexibility index (Phi) is 4.32. The van der Waals surface area contributed by atoms with E-state index in [2.05, 4.69) is 10.3 Å². The van der Waals surface area contributed by atoms with Gasteiger partial charge in [0.25, 0.3) is 5.91 Å². The standard InChI is InChI=1S/C14H11ClN2O3/c15-11-6-7-16-13(10(11)8-12(18)19)14(20)17-9-4-2-1-3-5-9/h1-7H,8H2,(H,17,20)(H,18,19). The number of amides is 1. The Morgan fingerprint density at radius 3 is 2.55 bits per heavy atom. The van der Waals surface area contributed by atoms with Gasteiger partial charge in [-0.2, -0.15) is 0 Å². The SMILES string of the molecule is O=C(O)Cc1c(Cl)ccnc1C(=O)Nc1ccccc1. The van der Waals surface area contributed by atoms with Crippen molar-refractivity contribution in [2.24, 2.45) is 0 Å². The van der Waals surface area contributed by atoms with Crippen LogP contribution < -0.4 is 5.32 Å². The lowest BCUT2D eigenvalue weighted by Gasteiger charge is -2.09. The fraction of sp³-hybridized carbons (Fsp3) is 0.0714. The summed E-state index contributed by atoms with van der Waals surface area (Å²) in [4.78, 5) is 26.9. The number of rotatable bonds is 4. The van der Waals surface area contributed by atoms with Crippen LogP contribution >= 0.6 is 11.6 Å². The molecule has 0 aliphatic rings. The molecular formula is C14H11ClN2O3. The Morgan fingerprint density at radius 1 is 1.20 bits per heavy atom. The minimum absolute atomic E-state index is 0.0174. The molecule has 0 spiro atoms. The van der Waals surface area contributed by atoms with E-state index in [9.17, 15) is 9.59 Å². The predicted octanol–water partition coefficient (Wildman–Crippen LogP) is 2.61. The summed E-state index contributed by atoms with van der Waals surface area (Å²) >= 11 is 5.94. The molecule has 1 aromatic heterocycles. The average molecular weight is 291 g/mol. The van der Waals surface area contributed by atoms with Crippen molar-refractivity contribution in [3.8, 4) is 0 Å². The molecule has 0 aliphatic carbocycles. The van der Waals surface area contributed by atoms with E-state index < -0.39 is 11.9 Å². The molecule has 1 aromatic carbocycles. The minimum Gasteiger partial charge on any atom is -0.481 e. The molecule has 0 saturated heterocycles. The summed E-state index contributed by atoms with van der Waals surface area (Å²) in [7, 11) is 0. The van der Waals surface area contributed by atoms with Crippen LogP contribution in [0.5, 0.6) is 0 Å². The number of carboxylic acids is 1. The number of carbonyl (C=O) groups is 2. The quantitative estimate of drug-likeness (QED) is 0.907. The van der Waals surface area contributed by atoms with Crippen LogP contribution in [0.15, 0.2) is 42.6 Å². The van der Waals surface area contributed by atoms with E-state index in [-0.39, 0.29) is 22.7 Å². The number of para-hydroxylation sites is 1. The molecule has 2 rings (SSSR count). The topological polar surface area (TPSA) is 79.3 Å². The number of hydrogen-bond acceptors (Lipinski definition) is 3. The Balaban J connectivity index is 2.30. The van der Waals surface area contributed by atoms with Crippen molar-refractivity contribution in [1.82, 2.24) is 4.98 Å². The first-order valence-corrected chi connectivity index (χ1v) is 6.17. The van der Waals surface area contributed by atoms with E-state index in [4.69, 9.17) is 16.7 Å². The fourth-order valence-corrected chi connectivity index (χ4v) is 1.91. The van der Waals surface area contributed by atoms with Crippen LogP contribution in [0, 0.1) is 0 Å². The van der Waals surface area contributed by atoms with Gasteiger partial charge in [0, 0.05) is 22.5 Å². The number of pyridine rings is 1. The summed E-state index contributed by atoms with van der Waals surface area (Å²) in [6.07, 6.45) is 1.01. The van der Waals surface area contributed by atoms with Crippen molar-refractivity contribution in [2.45, 2.75) is 6.42 Å². The highest BCUT2D eigenvalue weighted by Gasteiger charge is 2.18. The lowest BCUT2D eigenvalue weighted by molar-refractivity contribution is -0.136. The highest BCUT2D eigenvalue weighted by atomic mass is 35.5. The maximum atomic E-state index is 12.1. The maximum Gasteiger partial charge on any atom is 0.307 e. The van der Waals surface area contributed by atoms with Gasteiger partial charge < -0.3 is 10.4 Å². The monoisotopic (exact) mass is 290 g/mol. The third-order valence-corrected chi connectivity index (χ3v) is 2.93. The Bertz CT molecular complexity index is 644. The largest absolute Gasteiger partial charge is 0.481 e. The van der Waals surface area contributed by atoms with Crippen LogP contribution in [0.1, 0.15) is 16.1 Å². The van der Waals surface area contributed by atoms with Crippen molar-refractivity contribution in [1.29, 1.82) is 0 Å². The molecule has 5 nitrogen and oxygen atoms in total. The van der Waals surface area contributed by atoms with Gasteiger partial charge in [-0.05, 0) is 18.2 Å². The van der Waals surface area contributed by atoms with Crippen LogP contribution in [-0.4, -0.2) is 22.0 Å². The number of aliphatic carboxylic acids is 1. The number of anilines is 1. The van der Waals surface area contributed by atoms with Crippen LogP contribution in [0.3, 0.4) is 0 Å². The van der Waals surface area contributed by atoms with Crippen LogP contribution in [0.25, 0.3) is 0 Å². The predicted molar refractivity (Wildman–Crippen MR) is 75.0 cm³/mol. The molecule has 0 unspecified atom stereocenters. The number of halogens is 1. The third kappa shape index (κ3) is 3.33. The zero-order valence-electron chi connectivity index (χ0n) is 10.3. The second-order valence-electron chi connectivity index (χ2n) is 4.01. The molecule has 0 aliphatic heterocycles. The summed E-state index contributed by atoms with van der Waals surface area (Å²) < 4.78 is 0. The number of aromatic nitrogens is 1. The van der Waals surface area contributed by atoms with Crippen LogP contribution in [0.2, 0.25) is 5.02 Å². The van der Waals surface area contributed by atoms with Gasteiger partial charge >= 0.3 is 5.97 Å².